The number of hydrogen-bond donors (Lipinski definition) is 0. The van der Waals surface area contributed by atoms with E-state index in [4.69, 9.17) is 15.0 Å². The normalized spacial score (nSPS) is 12.6. The summed E-state index contributed by atoms with van der Waals surface area (Å²) in [4.78, 5) is 14.9. The van der Waals surface area contributed by atoms with Gasteiger partial charge < -0.3 is 0 Å². The molecular weight excluding hydrogens is 621 g/mol. The lowest BCUT2D eigenvalue weighted by atomic mass is 9.81. The second-order valence-corrected chi connectivity index (χ2v) is 13.5. The lowest BCUT2D eigenvalue weighted by Crippen LogP contribution is -2.15. The van der Waals surface area contributed by atoms with Crippen molar-refractivity contribution in [1.29, 1.82) is 5.26 Å². The summed E-state index contributed by atoms with van der Waals surface area (Å²) < 4.78 is 0. The lowest BCUT2D eigenvalue weighted by molar-refractivity contribution is 0.660. The van der Waals surface area contributed by atoms with E-state index >= 15 is 0 Å². The van der Waals surface area contributed by atoms with Gasteiger partial charge in [0.05, 0.1) is 11.6 Å². The van der Waals surface area contributed by atoms with Crippen molar-refractivity contribution in [1.82, 2.24) is 15.0 Å². The molecule has 0 aliphatic heterocycles. The molecule has 0 spiro atoms. The van der Waals surface area contributed by atoms with Gasteiger partial charge in [0.2, 0.25) is 0 Å². The van der Waals surface area contributed by atoms with Crippen molar-refractivity contribution in [2.75, 3.05) is 0 Å². The van der Waals surface area contributed by atoms with Crippen molar-refractivity contribution in [3.63, 3.8) is 0 Å². The van der Waals surface area contributed by atoms with Crippen molar-refractivity contribution < 1.29 is 0 Å². The predicted octanol–water partition coefficient (Wildman–Crippen LogP) is 11.5. The molecule has 4 nitrogen and oxygen atoms in total. The van der Waals surface area contributed by atoms with E-state index in [9.17, 15) is 5.26 Å². The van der Waals surface area contributed by atoms with Gasteiger partial charge in [-0.2, -0.15) is 5.26 Å². The molecule has 1 aliphatic carbocycles. The van der Waals surface area contributed by atoms with E-state index in [-0.39, 0.29) is 5.41 Å². The average Bonchev–Trinajstić information content (AvgIpc) is 3.43. The SMILES string of the molecule is CC1(C)c2cc(C#N)ccc2-c2c(-c3ccc(-c4ccc(-c5nc(-c6ccccc6)nc(-c6ccccc6)n5)c5ccccc45)cc3)cccc21. The number of hydrogen-bond acceptors (Lipinski definition) is 4. The van der Waals surface area contributed by atoms with Crippen molar-refractivity contribution in [2.24, 2.45) is 0 Å². The maximum absolute atomic E-state index is 9.60. The highest BCUT2D eigenvalue weighted by Crippen LogP contribution is 2.52. The molecular formula is C47H32N4. The molecule has 7 aromatic carbocycles. The third-order valence-electron chi connectivity index (χ3n) is 10.2. The van der Waals surface area contributed by atoms with E-state index in [1.165, 1.54) is 27.8 Å². The summed E-state index contributed by atoms with van der Waals surface area (Å²) in [7, 11) is 0. The quantitative estimate of drug-likeness (QED) is 0.186. The van der Waals surface area contributed by atoms with Crippen LogP contribution in [0.15, 0.2) is 158 Å². The Kier molecular flexibility index (Phi) is 7.15. The molecule has 9 rings (SSSR count). The van der Waals surface area contributed by atoms with Crippen LogP contribution in [0, 0.1) is 11.3 Å². The van der Waals surface area contributed by atoms with Crippen molar-refractivity contribution >= 4 is 10.8 Å². The first-order valence-corrected chi connectivity index (χ1v) is 17.2. The van der Waals surface area contributed by atoms with Crippen LogP contribution in [0.2, 0.25) is 0 Å². The van der Waals surface area contributed by atoms with Gasteiger partial charge in [0.25, 0.3) is 0 Å². The van der Waals surface area contributed by atoms with Gasteiger partial charge in [-0.05, 0) is 73.5 Å². The van der Waals surface area contributed by atoms with Gasteiger partial charge in [-0.15, -0.1) is 0 Å². The maximum atomic E-state index is 9.60. The molecule has 4 heteroatoms. The fourth-order valence-corrected chi connectivity index (χ4v) is 7.60. The molecule has 0 atom stereocenters. The summed E-state index contributed by atoms with van der Waals surface area (Å²) in [5, 5.41) is 11.8. The van der Waals surface area contributed by atoms with Crippen LogP contribution in [0.1, 0.15) is 30.5 Å². The average molecular weight is 653 g/mol. The molecule has 1 heterocycles. The Labute approximate surface area is 297 Å². The Morgan fingerprint density at radius 2 is 0.961 bits per heavy atom. The number of nitriles is 1. The van der Waals surface area contributed by atoms with Gasteiger partial charge in [0.1, 0.15) is 0 Å². The van der Waals surface area contributed by atoms with Crippen molar-refractivity contribution in [2.45, 2.75) is 19.3 Å². The minimum atomic E-state index is -0.184. The van der Waals surface area contributed by atoms with Gasteiger partial charge in [0, 0.05) is 22.1 Å². The fraction of sp³-hybridized carbons (Fsp3) is 0.0638. The molecule has 51 heavy (non-hydrogen) atoms. The molecule has 8 aromatic rings. The fourth-order valence-electron chi connectivity index (χ4n) is 7.60. The summed E-state index contributed by atoms with van der Waals surface area (Å²) in [6.07, 6.45) is 0. The van der Waals surface area contributed by atoms with Gasteiger partial charge in [-0.25, -0.2) is 15.0 Å². The molecule has 1 aromatic heterocycles. The molecule has 240 valence electrons. The zero-order valence-electron chi connectivity index (χ0n) is 28.3. The van der Waals surface area contributed by atoms with Crippen molar-refractivity contribution in [3.8, 4) is 73.6 Å². The summed E-state index contributed by atoms with van der Waals surface area (Å²) in [5.41, 5.74) is 13.0. The summed E-state index contributed by atoms with van der Waals surface area (Å²) in [5.74, 6) is 1.93. The first-order chi connectivity index (χ1) is 25.0. The Bertz CT molecular complexity index is 2600. The van der Waals surface area contributed by atoms with Gasteiger partial charge >= 0.3 is 0 Å². The molecule has 0 bridgehead atoms. The van der Waals surface area contributed by atoms with E-state index in [0.717, 1.165) is 44.2 Å². The Balaban J connectivity index is 1.14. The van der Waals surface area contributed by atoms with Crippen LogP contribution in [-0.2, 0) is 5.41 Å². The van der Waals surface area contributed by atoms with Crippen LogP contribution >= 0.6 is 0 Å². The van der Waals surface area contributed by atoms with E-state index < -0.39 is 0 Å². The van der Waals surface area contributed by atoms with E-state index in [1.54, 1.807) is 0 Å². The zero-order chi connectivity index (χ0) is 34.5. The molecule has 0 radical (unpaired) electrons. The summed E-state index contributed by atoms with van der Waals surface area (Å²) in [6.45, 7) is 4.50. The minimum Gasteiger partial charge on any atom is -0.208 e. The minimum absolute atomic E-state index is 0.184. The van der Waals surface area contributed by atoms with E-state index in [1.807, 2.05) is 66.7 Å². The second-order valence-electron chi connectivity index (χ2n) is 13.5. The Morgan fingerprint density at radius 3 is 1.59 bits per heavy atom. The van der Waals surface area contributed by atoms with Crippen LogP contribution in [0.3, 0.4) is 0 Å². The number of fused-ring (bicyclic) bond motifs is 4. The molecule has 0 N–H and O–H groups in total. The lowest BCUT2D eigenvalue weighted by Gasteiger charge is -2.21. The van der Waals surface area contributed by atoms with Crippen LogP contribution in [0.4, 0.5) is 0 Å². The molecule has 0 fully saturated rings. The van der Waals surface area contributed by atoms with Crippen molar-refractivity contribution in [3.05, 3.63) is 174 Å². The van der Waals surface area contributed by atoms with Gasteiger partial charge in [0.15, 0.2) is 17.5 Å². The van der Waals surface area contributed by atoms with Gasteiger partial charge in [-0.1, -0.05) is 153 Å². The molecule has 1 aliphatic rings. The largest absolute Gasteiger partial charge is 0.208 e. The monoisotopic (exact) mass is 652 g/mol. The molecule has 0 saturated heterocycles. The second kappa shape index (κ2) is 12.0. The van der Waals surface area contributed by atoms with Gasteiger partial charge in [-0.3, -0.25) is 0 Å². The smallest absolute Gasteiger partial charge is 0.164 e. The highest BCUT2D eigenvalue weighted by atomic mass is 15.0. The van der Waals surface area contributed by atoms with E-state index in [0.29, 0.717) is 23.0 Å². The molecule has 0 unspecified atom stereocenters. The zero-order valence-corrected chi connectivity index (χ0v) is 28.3. The van der Waals surface area contributed by atoms with E-state index in [2.05, 4.69) is 111 Å². The Hall–Kier alpha value is -6.70. The van der Waals surface area contributed by atoms with Crippen LogP contribution < -0.4 is 0 Å². The predicted molar refractivity (Wildman–Crippen MR) is 207 cm³/mol. The van der Waals surface area contributed by atoms with Crippen LogP contribution in [0.5, 0.6) is 0 Å². The van der Waals surface area contributed by atoms with Crippen LogP contribution in [-0.4, -0.2) is 15.0 Å². The first kappa shape index (κ1) is 30.4. The Morgan fingerprint density at radius 1 is 0.431 bits per heavy atom. The topological polar surface area (TPSA) is 62.5 Å². The standard InChI is InChI=1S/C47H32N4/c1-47(2)41-19-11-18-36(43(41)40-25-20-30(29-48)28-42(40)47)32-23-21-31(22-24-32)35-26-27-39(38-17-10-9-16-37(35)38)46-50-44(33-12-5-3-6-13-33)49-45(51-46)34-14-7-4-8-15-34/h3-28H,1-2H3. The third kappa shape index (κ3) is 5.10. The third-order valence-corrected chi connectivity index (χ3v) is 10.2. The van der Waals surface area contributed by atoms with Crippen LogP contribution in [0.25, 0.3) is 78.3 Å². The number of nitrogens with zero attached hydrogens (tertiary/aromatic N) is 4. The maximum Gasteiger partial charge on any atom is 0.164 e. The summed E-state index contributed by atoms with van der Waals surface area (Å²) >= 11 is 0. The highest BCUT2D eigenvalue weighted by molar-refractivity contribution is 6.04. The highest BCUT2D eigenvalue weighted by Gasteiger charge is 2.37. The number of benzene rings is 7. The number of aromatic nitrogens is 3. The number of rotatable bonds is 5. The molecule has 0 amide bonds. The first-order valence-electron chi connectivity index (χ1n) is 17.2. The molecule has 0 saturated carbocycles. The summed E-state index contributed by atoms with van der Waals surface area (Å²) in [6, 6.07) is 56.9.